The first-order valence-electron chi connectivity index (χ1n) is 3.91. The fraction of sp³-hybridized carbons (Fsp3) is 0.100. The number of thioether (sulfide) groups is 1. The van der Waals surface area contributed by atoms with Crippen molar-refractivity contribution in [3.05, 3.63) is 28.1 Å². The van der Waals surface area contributed by atoms with Crippen LogP contribution in [0.3, 0.4) is 0 Å². The number of hydrogen-bond acceptors (Lipinski definition) is 3. The molecule has 0 amide bonds. The van der Waals surface area contributed by atoms with Crippen molar-refractivity contribution in [3.8, 4) is 6.07 Å². The van der Waals surface area contributed by atoms with Crippen LogP contribution in [0, 0.1) is 11.3 Å². The molecule has 0 radical (unpaired) electrons. The van der Waals surface area contributed by atoms with Crippen LogP contribution in [-0.2, 0) is 0 Å². The fourth-order valence-corrected chi connectivity index (χ4v) is 3.32. The van der Waals surface area contributed by atoms with E-state index in [1.807, 2.05) is 23.8 Å². The van der Waals surface area contributed by atoms with Crippen molar-refractivity contribution in [3.63, 3.8) is 0 Å². The summed E-state index contributed by atoms with van der Waals surface area (Å²) in [4.78, 5) is 1.13. The number of halogens is 1. The van der Waals surface area contributed by atoms with Gasteiger partial charge in [0.2, 0.25) is 0 Å². The van der Waals surface area contributed by atoms with E-state index in [0.717, 1.165) is 15.0 Å². The number of thiophene rings is 1. The van der Waals surface area contributed by atoms with Crippen molar-refractivity contribution < 1.29 is 0 Å². The quantitative estimate of drug-likeness (QED) is 0.698. The molecule has 0 N–H and O–H groups in total. The van der Waals surface area contributed by atoms with Crippen LogP contribution < -0.4 is 0 Å². The summed E-state index contributed by atoms with van der Waals surface area (Å²) < 4.78 is 0.990. The Balaban J connectivity index is 2.90. The molecule has 0 aliphatic carbocycles. The second-order valence-electron chi connectivity index (χ2n) is 2.71. The van der Waals surface area contributed by atoms with Crippen molar-refractivity contribution in [1.29, 1.82) is 5.26 Å². The predicted octanol–water partition coefficient (Wildman–Crippen LogP) is 4.15. The molecular weight excluding hydrogens is 234 g/mol. The highest BCUT2D eigenvalue weighted by atomic mass is 35.5. The normalized spacial score (nSPS) is 10.4. The Morgan fingerprint density at radius 1 is 1.57 bits per heavy atom. The molecule has 1 aromatic carbocycles. The Hall–Kier alpha value is -0.690. The van der Waals surface area contributed by atoms with Crippen LogP contribution >= 0.6 is 34.7 Å². The van der Waals surface area contributed by atoms with E-state index in [-0.39, 0.29) is 0 Å². The Labute approximate surface area is 95.3 Å². The third-order valence-corrected chi connectivity index (χ3v) is 3.99. The minimum Gasteiger partial charge on any atom is -0.192 e. The van der Waals surface area contributed by atoms with Gasteiger partial charge in [-0.3, -0.25) is 0 Å². The lowest BCUT2D eigenvalue weighted by Gasteiger charge is -2.02. The largest absolute Gasteiger partial charge is 0.192 e. The average Bonchev–Trinajstić information content (AvgIpc) is 2.65. The lowest BCUT2D eigenvalue weighted by molar-refractivity contribution is 1.49. The summed E-state index contributed by atoms with van der Waals surface area (Å²) >= 11 is 9.23. The molecule has 70 valence electrons. The van der Waals surface area contributed by atoms with Crippen molar-refractivity contribution in [2.24, 2.45) is 0 Å². The zero-order valence-corrected chi connectivity index (χ0v) is 9.76. The molecule has 0 spiro atoms. The Kier molecular flexibility index (Phi) is 2.69. The van der Waals surface area contributed by atoms with Crippen molar-refractivity contribution in [2.75, 3.05) is 6.26 Å². The number of rotatable bonds is 1. The molecular formula is C10H6ClNS2. The average molecular weight is 240 g/mol. The molecule has 0 aliphatic rings. The Morgan fingerprint density at radius 3 is 3.00 bits per heavy atom. The van der Waals surface area contributed by atoms with Gasteiger partial charge in [0.25, 0.3) is 0 Å². The summed E-state index contributed by atoms with van der Waals surface area (Å²) in [5.41, 5.74) is 0.592. The molecule has 0 bridgehead atoms. The zero-order valence-electron chi connectivity index (χ0n) is 7.37. The molecule has 1 heterocycles. The summed E-state index contributed by atoms with van der Waals surface area (Å²) in [5, 5.41) is 12.6. The van der Waals surface area contributed by atoms with Gasteiger partial charge in [0.15, 0.2) is 0 Å². The van der Waals surface area contributed by atoms with E-state index in [2.05, 4.69) is 6.07 Å². The molecule has 2 aromatic rings. The number of hydrogen-bond donors (Lipinski definition) is 0. The first-order valence-corrected chi connectivity index (χ1v) is 6.40. The van der Waals surface area contributed by atoms with Gasteiger partial charge in [-0.05, 0) is 23.8 Å². The van der Waals surface area contributed by atoms with E-state index in [1.165, 1.54) is 0 Å². The van der Waals surface area contributed by atoms with Crippen LogP contribution in [0.2, 0.25) is 5.02 Å². The van der Waals surface area contributed by atoms with Crippen molar-refractivity contribution in [1.82, 2.24) is 0 Å². The van der Waals surface area contributed by atoms with E-state index in [9.17, 15) is 0 Å². The van der Waals surface area contributed by atoms with Gasteiger partial charge in [0.05, 0.1) is 15.3 Å². The second-order valence-corrected chi connectivity index (χ2v) is 4.88. The van der Waals surface area contributed by atoms with Gasteiger partial charge in [-0.1, -0.05) is 11.6 Å². The van der Waals surface area contributed by atoms with Gasteiger partial charge in [-0.15, -0.1) is 23.1 Å². The maximum Gasteiger partial charge on any atom is 0.102 e. The summed E-state index contributed by atoms with van der Waals surface area (Å²) in [6.07, 6.45) is 2.01. The van der Waals surface area contributed by atoms with Crippen molar-refractivity contribution in [2.45, 2.75) is 4.90 Å². The summed E-state index contributed by atoms with van der Waals surface area (Å²) in [5.74, 6) is 0. The monoisotopic (exact) mass is 239 g/mol. The van der Waals surface area contributed by atoms with Crippen LogP contribution in [0.5, 0.6) is 0 Å². The number of nitrogens with zero attached hydrogens (tertiary/aromatic N) is 1. The van der Waals surface area contributed by atoms with E-state index in [0.29, 0.717) is 10.6 Å². The van der Waals surface area contributed by atoms with Gasteiger partial charge in [-0.25, -0.2) is 0 Å². The lowest BCUT2D eigenvalue weighted by Crippen LogP contribution is -1.80. The molecule has 0 saturated carbocycles. The highest BCUT2D eigenvalue weighted by Gasteiger charge is 2.10. The first-order chi connectivity index (χ1) is 6.77. The Morgan fingerprint density at radius 2 is 2.36 bits per heavy atom. The second kappa shape index (κ2) is 3.82. The van der Waals surface area contributed by atoms with Crippen LogP contribution in [0.15, 0.2) is 22.4 Å². The minimum atomic E-state index is 0.548. The molecule has 2 rings (SSSR count). The van der Waals surface area contributed by atoms with Crippen molar-refractivity contribution >= 4 is 44.8 Å². The van der Waals surface area contributed by atoms with E-state index in [1.54, 1.807) is 23.1 Å². The maximum atomic E-state index is 8.96. The Bertz CT molecular complexity index is 525. The molecule has 0 fully saturated rings. The summed E-state index contributed by atoms with van der Waals surface area (Å²) in [7, 11) is 0. The molecule has 4 heteroatoms. The zero-order chi connectivity index (χ0) is 10.1. The molecule has 0 aliphatic heterocycles. The number of nitriles is 1. The molecule has 1 nitrogen and oxygen atoms in total. The summed E-state index contributed by atoms with van der Waals surface area (Å²) in [6.45, 7) is 0. The highest BCUT2D eigenvalue weighted by Crippen LogP contribution is 2.36. The molecule has 0 unspecified atom stereocenters. The van der Waals surface area contributed by atoms with E-state index in [4.69, 9.17) is 16.9 Å². The molecule has 14 heavy (non-hydrogen) atoms. The number of benzene rings is 1. The SMILES string of the molecule is CSc1cc(Cl)c(C#N)c2sccc12. The maximum absolute atomic E-state index is 8.96. The van der Waals surface area contributed by atoms with Gasteiger partial charge in [0, 0.05) is 10.3 Å². The van der Waals surface area contributed by atoms with Crippen LogP contribution in [-0.4, -0.2) is 6.26 Å². The topological polar surface area (TPSA) is 23.8 Å². The van der Waals surface area contributed by atoms with Gasteiger partial charge >= 0.3 is 0 Å². The van der Waals surface area contributed by atoms with Crippen LogP contribution in [0.1, 0.15) is 5.56 Å². The minimum absolute atomic E-state index is 0.548. The van der Waals surface area contributed by atoms with Crippen LogP contribution in [0.25, 0.3) is 10.1 Å². The number of fused-ring (bicyclic) bond motifs is 1. The summed E-state index contributed by atoms with van der Waals surface area (Å²) in [6, 6.07) is 6.04. The first kappa shape index (κ1) is 9.85. The smallest absolute Gasteiger partial charge is 0.102 e. The third-order valence-electron chi connectivity index (χ3n) is 1.99. The predicted molar refractivity (Wildman–Crippen MR) is 63.3 cm³/mol. The highest BCUT2D eigenvalue weighted by molar-refractivity contribution is 7.98. The molecule has 1 aromatic heterocycles. The van der Waals surface area contributed by atoms with Crippen LogP contribution in [0.4, 0.5) is 0 Å². The standard InChI is InChI=1S/C10H6ClNS2/c1-13-9-4-8(11)7(5-12)10-6(9)2-3-14-10/h2-4H,1H3. The van der Waals surface area contributed by atoms with E-state index < -0.39 is 0 Å². The van der Waals surface area contributed by atoms with Gasteiger partial charge in [0.1, 0.15) is 6.07 Å². The molecule has 0 atom stereocenters. The van der Waals surface area contributed by atoms with E-state index >= 15 is 0 Å². The third kappa shape index (κ3) is 1.40. The van der Waals surface area contributed by atoms with Gasteiger partial charge in [-0.2, -0.15) is 5.26 Å². The fourth-order valence-electron chi connectivity index (χ4n) is 1.34. The lowest BCUT2D eigenvalue weighted by atomic mass is 10.2. The molecule has 0 saturated heterocycles. The van der Waals surface area contributed by atoms with Gasteiger partial charge < -0.3 is 0 Å².